The summed E-state index contributed by atoms with van der Waals surface area (Å²) in [5.74, 6) is -0.615. The second-order valence-corrected chi connectivity index (χ2v) is 4.65. The van der Waals surface area contributed by atoms with Crippen LogP contribution in [0.1, 0.15) is 23.0 Å². The third kappa shape index (κ3) is 2.13. The second kappa shape index (κ2) is 4.94. The molecule has 0 spiro atoms. The zero-order chi connectivity index (χ0) is 15.0. The van der Waals surface area contributed by atoms with Gasteiger partial charge in [-0.2, -0.15) is 5.26 Å². The minimum absolute atomic E-state index is 0.166. The minimum Gasteiger partial charge on any atom is -0.478 e. The molecule has 21 heavy (non-hydrogen) atoms. The van der Waals surface area contributed by atoms with Gasteiger partial charge in [-0.1, -0.05) is 0 Å². The first-order chi connectivity index (χ1) is 10.1. The number of ether oxygens (including phenoxy) is 1. The van der Waals surface area contributed by atoms with Crippen LogP contribution in [0, 0.1) is 17.1 Å². The van der Waals surface area contributed by atoms with Gasteiger partial charge in [0.25, 0.3) is 5.91 Å². The van der Waals surface area contributed by atoms with Crippen molar-refractivity contribution in [2.75, 3.05) is 6.61 Å². The normalized spacial score (nSPS) is 14.4. The van der Waals surface area contributed by atoms with Gasteiger partial charge >= 0.3 is 0 Å². The molecule has 0 aliphatic carbocycles. The summed E-state index contributed by atoms with van der Waals surface area (Å²) in [7, 11) is 0. The molecule has 6 heteroatoms. The smallest absolute Gasteiger partial charge is 0.274 e. The number of carbonyl (C=O) groups is 1. The predicted molar refractivity (Wildman–Crippen MR) is 73.7 cm³/mol. The van der Waals surface area contributed by atoms with Crippen molar-refractivity contribution in [1.82, 2.24) is 10.3 Å². The van der Waals surface area contributed by atoms with Crippen molar-refractivity contribution >= 4 is 16.8 Å². The highest BCUT2D eigenvalue weighted by atomic mass is 19.1. The van der Waals surface area contributed by atoms with Gasteiger partial charge in [0.2, 0.25) is 5.88 Å². The second-order valence-electron chi connectivity index (χ2n) is 4.65. The Kier molecular flexibility index (Phi) is 3.10. The average molecular weight is 285 g/mol. The fourth-order valence-electron chi connectivity index (χ4n) is 2.45. The van der Waals surface area contributed by atoms with Crippen LogP contribution in [0.3, 0.4) is 0 Å². The molecule has 0 bridgehead atoms. The van der Waals surface area contributed by atoms with E-state index in [4.69, 9.17) is 4.74 Å². The van der Waals surface area contributed by atoms with Gasteiger partial charge in [0.15, 0.2) is 0 Å². The molecule has 1 aromatic carbocycles. The number of aromatic nitrogens is 1. The topological polar surface area (TPSA) is 77.9 Å². The average Bonchev–Trinajstić information content (AvgIpc) is 2.75. The van der Waals surface area contributed by atoms with E-state index in [0.717, 1.165) is 0 Å². The van der Waals surface area contributed by atoms with Crippen LogP contribution in [0.4, 0.5) is 4.39 Å². The number of fused-ring (bicyclic) bond motifs is 3. The van der Waals surface area contributed by atoms with Crippen molar-refractivity contribution in [3.8, 4) is 6.07 Å². The number of nitrogens with one attached hydrogen (secondary N) is 2. The standard InChI is InChI=1S/C15H12FN3O2/c1-2-21-15-8(7-17)5-11-10-6-9(16)3-4-12(10)18-13(11)14(20)19-15/h3-4,6,18H,2,5H2,1H3,(H,19,20). The van der Waals surface area contributed by atoms with Crippen molar-refractivity contribution in [3.63, 3.8) is 0 Å². The van der Waals surface area contributed by atoms with Gasteiger partial charge in [-0.05, 0) is 30.7 Å². The van der Waals surface area contributed by atoms with Crippen LogP contribution in [-0.4, -0.2) is 17.5 Å². The van der Waals surface area contributed by atoms with Gasteiger partial charge in [-0.3, -0.25) is 10.1 Å². The number of allylic oxidation sites excluding steroid dienone is 1. The SMILES string of the molecule is CCOC1=C(C#N)Cc2c([nH]c3ccc(F)cc23)C(=O)N1. The molecule has 1 aliphatic rings. The van der Waals surface area contributed by atoms with E-state index in [1.165, 1.54) is 12.1 Å². The summed E-state index contributed by atoms with van der Waals surface area (Å²) in [6, 6.07) is 6.30. The van der Waals surface area contributed by atoms with Crippen LogP contribution in [0.5, 0.6) is 0 Å². The molecule has 0 saturated carbocycles. The first kappa shape index (κ1) is 13.2. The third-order valence-corrected chi connectivity index (χ3v) is 3.37. The number of hydrogen-bond donors (Lipinski definition) is 2. The maximum atomic E-state index is 13.4. The Morgan fingerprint density at radius 2 is 2.29 bits per heavy atom. The lowest BCUT2D eigenvalue weighted by molar-refractivity contribution is 0.0919. The van der Waals surface area contributed by atoms with Crippen molar-refractivity contribution in [2.45, 2.75) is 13.3 Å². The highest BCUT2D eigenvalue weighted by Gasteiger charge is 2.26. The highest BCUT2D eigenvalue weighted by Crippen LogP contribution is 2.28. The maximum absolute atomic E-state index is 13.4. The summed E-state index contributed by atoms with van der Waals surface area (Å²) in [6.45, 7) is 2.10. The predicted octanol–water partition coefficient (Wildman–Crippen LogP) is 2.36. The summed E-state index contributed by atoms with van der Waals surface area (Å²) in [6.07, 6.45) is 0.212. The molecule has 0 saturated heterocycles. The lowest BCUT2D eigenvalue weighted by Crippen LogP contribution is -2.24. The number of rotatable bonds is 2. The largest absolute Gasteiger partial charge is 0.478 e. The Hall–Kier alpha value is -2.81. The molecule has 2 heterocycles. The molecule has 0 radical (unpaired) electrons. The molecule has 1 amide bonds. The number of carbonyl (C=O) groups excluding carboxylic acids is 1. The van der Waals surface area contributed by atoms with Gasteiger partial charge in [0, 0.05) is 17.3 Å². The van der Waals surface area contributed by atoms with E-state index < -0.39 is 5.91 Å². The summed E-state index contributed by atoms with van der Waals surface area (Å²) < 4.78 is 18.8. The van der Waals surface area contributed by atoms with E-state index >= 15 is 0 Å². The van der Waals surface area contributed by atoms with Crippen molar-refractivity contribution < 1.29 is 13.9 Å². The molecule has 0 fully saturated rings. The van der Waals surface area contributed by atoms with Crippen LogP contribution in [0.15, 0.2) is 29.7 Å². The lowest BCUT2D eigenvalue weighted by atomic mass is 10.0. The molecular formula is C15H12FN3O2. The fraction of sp³-hybridized carbons (Fsp3) is 0.200. The molecule has 0 unspecified atom stereocenters. The van der Waals surface area contributed by atoms with E-state index in [0.29, 0.717) is 34.3 Å². The van der Waals surface area contributed by atoms with E-state index in [1.54, 1.807) is 13.0 Å². The molecule has 2 aromatic rings. The summed E-state index contributed by atoms with van der Waals surface area (Å²) >= 11 is 0. The lowest BCUT2D eigenvalue weighted by Gasteiger charge is -2.09. The van der Waals surface area contributed by atoms with Crippen LogP contribution >= 0.6 is 0 Å². The maximum Gasteiger partial charge on any atom is 0.274 e. The Bertz CT molecular complexity index is 814. The fourth-order valence-corrected chi connectivity index (χ4v) is 2.45. The van der Waals surface area contributed by atoms with Crippen molar-refractivity contribution in [2.24, 2.45) is 0 Å². The molecule has 5 nitrogen and oxygen atoms in total. The Morgan fingerprint density at radius 3 is 3.00 bits per heavy atom. The zero-order valence-corrected chi connectivity index (χ0v) is 11.3. The monoisotopic (exact) mass is 285 g/mol. The van der Waals surface area contributed by atoms with Crippen LogP contribution < -0.4 is 5.32 Å². The first-order valence-corrected chi connectivity index (χ1v) is 6.51. The highest BCUT2D eigenvalue weighted by molar-refractivity contribution is 6.02. The molecule has 106 valence electrons. The van der Waals surface area contributed by atoms with E-state index in [-0.39, 0.29) is 18.1 Å². The first-order valence-electron chi connectivity index (χ1n) is 6.51. The van der Waals surface area contributed by atoms with Gasteiger partial charge in [-0.25, -0.2) is 4.39 Å². The van der Waals surface area contributed by atoms with Crippen LogP contribution in [-0.2, 0) is 11.2 Å². The van der Waals surface area contributed by atoms with Gasteiger partial charge < -0.3 is 9.72 Å². The Labute approximate surface area is 120 Å². The number of H-pyrrole nitrogens is 1. The number of nitriles is 1. The molecule has 3 rings (SSSR count). The van der Waals surface area contributed by atoms with Gasteiger partial charge in [0.05, 0.1) is 12.2 Å². The number of amides is 1. The van der Waals surface area contributed by atoms with Crippen LogP contribution in [0.2, 0.25) is 0 Å². The molecular weight excluding hydrogens is 273 g/mol. The van der Waals surface area contributed by atoms with Crippen LogP contribution in [0.25, 0.3) is 10.9 Å². The van der Waals surface area contributed by atoms with E-state index in [1.807, 2.05) is 6.07 Å². The number of nitrogens with zero attached hydrogens (tertiary/aromatic N) is 1. The summed E-state index contributed by atoms with van der Waals surface area (Å²) in [4.78, 5) is 15.2. The van der Waals surface area contributed by atoms with Crippen molar-refractivity contribution in [1.29, 1.82) is 5.26 Å². The number of benzene rings is 1. The molecule has 2 N–H and O–H groups in total. The Morgan fingerprint density at radius 1 is 1.48 bits per heavy atom. The quantitative estimate of drug-likeness (QED) is 0.889. The summed E-state index contributed by atoms with van der Waals surface area (Å²) in [5, 5.41) is 12.5. The minimum atomic E-state index is -0.393. The molecule has 1 aliphatic heterocycles. The Balaban J connectivity index is 2.21. The van der Waals surface area contributed by atoms with E-state index in [2.05, 4.69) is 10.3 Å². The summed E-state index contributed by atoms with van der Waals surface area (Å²) in [5.41, 5.74) is 1.91. The molecule has 0 atom stereocenters. The number of halogens is 1. The van der Waals surface area contributed by atoms with Gasteiger partial charge in [0.1, 0.15) is 17.6 Å². The van der Waals surface area contributed by atoms with Crippen molar-refractivity contribution in [3.05, 3.63) is 46.7 Å². The number of hydrogen-bond acceptors (Lipinski definition) is 3. The number of aromatic amines is 1. The molecule has 1 aromatic heterocycles. The van der Waals surface area contributed by atoms with Gasteiger partial charge in [-0.15, -0.1) is 0 Å². The van der Waals surface area contributed by atoms with E-state index in [9.17, 15) is 14.4 Å². The zero-order valence-electron chi connectivity index (χ0n) is 11.3. The third-order valence-electron chi connectivity index (χ3n) is 3.37.